The number of carbonyl (C=O) groups is 1. The number of amides is 1. The van der Waals surface area contributed by atoms with Crippen molar-refractivity contribution in [3.8, 4) is 0 Å². The number of hydrogen-bond acceptors (Lipinski definition) is 4. The Kier molecular flexibility index (Phi) is 15.4. The molecule has 1 aromatic carbocycles. The number of aryl methyl sites for hydroxylation is 1. The van der Waals surface area contributed by atoms with Crippen LogP contribution in [-0.4, -0.2) is 51.2 Å². The van der Waals surface area contributed by atoms with Crippen LogP contribution in [0.1, 0.15) is 18.4 Å². The third-order valence-electron chi connectivity index (χ3n) is 3.38. The van der Waals surface area contributed by atoms with Crippen LogP contribution in [0.15, 0.2) is 24.3 Å². The summed E-state index contributed by atoms with van der Waals surface area (Å²) in [5, 5.41) is 2.94. The van der Waals surface area contributed by atoms with Gasteiger partial charge in [-0.3, -0.25) is 4.79 Å². The molecule has 0 aliphatic heterocycles. The first kappa shape index (κ1) is 24.2. The van der Waals surface area contributed by atoms with Gasteiger partial charge in [0, 0.05) is 45.5 Å². The van der Waals surface area contributed by atoms with Crippen molar-refractivity contribution in [2.45, 2.75) is 19.3 Å². The summed E-state index contributed by atoms with van der Waals surface area (Å²) in [6.07, 6.45) is 2.16. The Morgan fingerprint density at radius 2 is 1.96 bits per heavy atom. The lowest BCUT2D eigenvalue weighted by atomic mass is 10.1. The number of anilines is 1. The van der Waals surface area contributed by atoms with Gasteiger partial charge in [0.05, 0.1) is 0 Å². The van der Waals surface area contributed by atoms with Gasteiger partial charge in [-0.25, -0.2) is 0 Å². The second kappa shape index (κ2) is 14.6. The molecule has 0 aromatic heterocycles. The number of nitrogens with zero attached hydrogens (tertiary/aromatic N) is 1. The Bertz CT molecular complexity index is 434. The van der Waals surface area contributed by atoms with Crippen LogP contribution in [-0.2, 0) is 16.0 Å². The number of rotatable bonds is 10. The van der Waals surface area contributed by atoms with Crippen LogP contribution in [0.2, 0.25) is 0 Å². The highest BCUT2D eigenvalue weighted by Crippen LogP contribution is 2.12. The van der Waals surface area contributed by atoms with E-state index in [0.29, 0.717) is 19.4 Å². The third-order valence-corrected chi connectivity index (χ3v) is 3.38. The van der Waals surface area contributed by atoms with Gasteiger partial charge in [-0.15, -0.1) is 24.8 Å². The maximum atomic E-state index is 11.8. The number of nitrogen functional groups attached to an aromatic ring is 1. The molecule has 0 unspecified atom stereocenters. The molecule has 0 aliphatic carbocycles. The average molecular weight is 366 g/mol. The largest absolute Gasteiger partial charge is 0.399 e. The summed E-state index contributed by atoms with van der Waals surface area (Å²) < 4.78 is 5.01. The zero-order valence-corrected chi connectivity index (χ0v) is 15.5. The van der Waals surface area contributed by atoms with Crippen molar-refractivity contribution < 1.29 is 9.53 Å². The molecule has 134 valence electrons. The number of nitrogens with two attached hydrogens (primary N) is 1. The van der Waals surface area contributed by atoms with Gasteiger partial charge >= 0.3 is 0 Å². The normalized spacial score (nSPS) is 9.87. The molecular formula is C16H29Cl2N3O2. The molecule has 3 N–H and O–H groups in total. The van der Waals surface area contributed by atoms with Crippen LogP contribution < -0.4 is 11.1 Å². The summed E-state index contributed by atoms with van der Waals surface area (Å²) in [7, 11) is 3.76. The van der Waals surface area contributed by atoms with Crippen molar-refractivity contribution in [2.75, 3.05) is 46.1 Å². The molecule has 23 heavy (non-hydrogen) atoms. The lowest BCUT2D eigenvalue weighted by Crippen LogP contribution is -2.33. The van der Waals surface area contributed by atoms with Gasteiger partial charge in [0.1, 0.15) is 0 Å². The molecule has 1 rings (SSSR count). The smallest absolute Gasteiger partial charge is 0.220 e. The van der Waals surface area contributed by atoms with E-state index in [9.17, 15) is 4.79 Å². The fourth-order valence-corrected chi connectivity index (χ4v) is 2.08. The standard InChI is InChI=1S/C16H27N3O2.2ClH/c1-19(11-5-13-21-2)12-10-18-16(20)9-8-14-6-3-4-7-15(14)17;;/h3-4,6-7H,5,8-13,17H2,1-2H3,(H,18,20);2*1H. The van der Waals surface area contributed by atoms with E-state index in [1.54, 1.807) is 7.11 Å². The minimum atomic E-state index is 0. The third kappa shape index (κ3) is 11.2. The van der Waals surface area contributed by atoms with Gasteiger partial charge in [0.2, 0.25) is 5.91 Å². The quantitative estimate of drug-likeness (QED) is 0.492. The zero-order chi connectivity index (χ0) is 15.5. The second-order valence-electron chi connectivity index (χ2n) is 5.20. The molecule has 0 saturated carbocycles. The van der Waals surface area contributed by atoms with Gasteiger partial charge < -0.3 is 20.7 Å². The van der Waals surface area contributed by atoms with E-state index in [-0.39, 0.29) is 30.7 Å². The number of benzene rings is 1. The van der Waals surface area contributed by atoms with E-state index in [4.69, 9.17) is 10.5 Å². The number of nitrogens with one attached hydrogen (secondary N) is 1. The molecule has 5 nitrogen and oxygen atoms in total. The van der Waals surface area contributed by atoms with Crippen LogP contribution in [0.3, 0.4) is 0 Å². The summed E-state index contributed by atoms with van der Waals surface area (Å²) in [6.45, 7) is 3.27. The zero-order valence-electron chi connectivity index (χ0n) is 13.9. The molecule has 0 aliphatic rings. The van der Waals surface area contributed by atoms with Gasteiger partial charge in [0.15, 0.2) is 0 Å². The molecule has 7 heteroatoms. The van der Waals surface area contributed by atoms with Crippen LogP contribution in [0, 0.1) is 0 Å². The average Bonchev–Trinajstić information content (AvgIpc) is 2.47. The molecule has 0 heterocycles. The first-order valence-corrected chi connectivity index (χ1v) is 7.41. The van der Waals surface area contributed by atoms with Crippen molar-refractivity contribution in [3.63, 3.8) is 0 Å². The van der Waals surface area contributed by atoms with Gasteiger partial charge in [-0.1, -0.05) is 18.2 Å². The summed E-state index contributed by atoms with van der Waals surface area (Å²) in [6, 6.07) is 7.67. The Balaban J connectivity index is 0. The fraction of sp³-hybridized carbons (Fsp3) is 0.562. The van der Waals surface area contributed by atoms with Crippen LogP contribution in [0.5, 0.6) is 0 Å². The Labute approximate surface area is 151 Å². The topological polar surface area (TPSA) is 67.6 Å². The minimum Gasteiger partial charge on any atom is -0.399 e. The molecule has 0 radical (unpaired) electrons. The van der Waals surface area contributed by atoms with Crippen LogP contribution >= 0.6 is 24.8 Å². The number of hydrogen-bond donors (Lipinski definition) is 2. The van der Waals surface area contributed by atoms with E-state index in [0.717, 1.165) is 37.4 Å². The summed E-state index contributed by atoms with van der Waals surface area (Å²) in [5.41, 5.74) is 7.64. The van der Waals surface area contributed by atoms with E-state index in [1.807, 2.05) is 31.3 Å². The molecule has 1 aromatic rings. The number of ether oxygens (including phenoxy) is 1. The number of carbonyl (C=O) groups excluding carboxylic acids is 1. The Morgan fingerprint density at radius 3 is 2.61 bits per heavy atom. The van der Waals surface area contributed by atoms with E-state index >= 15 is 0 Å². The highest BCUT2D eigenvalue weighted by Gasteiger charge is 2.04. The Morgan fingerprint density at radius 1 is 1.26 bits per heavy atom. The molecular weight excluding hydrogens is 337 g/mol. The predicted molar refractivity (Wildman–Crippen MR) is 101 cm³/mol. The van der Waals surface area contributed by atoms with Crippen molar-refractivity contribution in [2.24, 2.45) is 0 Å². The van der Waals surface area contributed by atoms with Gasteiger partial charge in [-0.05, 0) is 31.5 Å². The van der Waals surface area contributed by atoms with Crippen LogP contribution in [0.4, 0.5) is 5.69 Å². The molecule has 0 saturated heterocycles. The number of halogens is 2. The molecule has 0 spiro atoms. The predicted octanol–water partition coefficient (Wildman–Crippen LogP) is 2.13. The SMILES string of the molecule is COCCCN(C)CCNC(=O)CCc1ccccc1N.Cl.Cl. The van der Waals surface area contributed by atoms with Crippen molar-refractivity contribution in [3.05, 3.63) is 29.8 Å². The summed E-state index contributed by atoms with van der Waals surface area (Å²) in [5.74, 6) is 0.0727. The van der Waals surface area contributed by atoms with Gasteiger partial charge in [-0.2, -0.15) is 0 Å². The van der Waals surface area contributed by atoms with E-state index in [1.165, 1.54) is 0 Å². The highest BCUT2D eigenvalue weighted by atomic mass is 35.5. The number of methoxy groups -OCH3 is 1. The molecule has 0 fully saturated rings. The lowest BCUT2D eigenvalue weighted by Gasteiger charge is -2.16. The highest BCUT2D eigenvalue weighted by molar-refractivity contribution is 5.85. The first-order chi connectivity index (χ1) is 10.1. The monoisotopic (exact) mass is 365 g/mol. The second-order valence-corrected chi connectivity index (χ2v) is 5.20. The summed E-state index contributed by atoms with van der Waals surface area (Å²) in [4.78, 5) is 14.0. The van der Waals surface area contributed by atoms with Crippen molar-refractivity contribution >= 4 is 36.4 Å². The minimum absolute atomic E-state index is 0. The molecule has 0 bridgehead atoms. The number of likely N-dealkylation sites (N-methyl/N-ethyl adjacent to an activating group) is 1. The maximum absolute atomic E-state index is 11.8. The number of para-hydroxylation sites is 1. The lowest BCUT2D eigenvalue weighted by molar-refractivity contribution is -0.121. The van der Waals surface area contributed by atoms with E-state index < -0.39 is 0 Å². The summed E-state index contributed by atoms with van der Waals surface area (Å²) >= 11 is 0. The first-order valence-electron chi connectivity index (χ1n) is 7.41. The van der Waals surface area contributed by atoms with E-state index in [2.05, 4.69) is 10.2 Å². The van der Waals surface area contributed by atoms with Crippen molar-refractivity contribution in [1.82, 2.24) is 10.2 Å². The van der Waals surface area contributed by atoms with Crippen LogP contribution in [0.25, 0.3) is 0 Å². The van der Waals surface area contributed by atoms with Crippen molar-refractivity contribution in [1.29, 1.82) is 0 Å². The Hall–Kier alpha value is -1.01. The molecule has 1 amide bonds. The fourth-order valence-electron chi connectivity index (χ4n) is 2.08. The molecule has 0 atom stereocenters. The maximum Gasteiger partial charge on any atom is 0.220 e. The van der Waals surface area contributed by atoms with Gasteiger partial charge in [0.25, 0.3) is 0 Å².